The normalized spacial score (nSPS) is 10.4. The van der Waals surface area contributed by atoms with E-state index < -0.39 is 0 Å². The lowest BCUT2D eigenvalue weighted by molar-refractivity contribution is 0.101. The van der Waals surface area contributed by atoms with Crippen molar-refractivity contribution in [3.8, 4) is 11.6 Å². The lowest BCUT2D eigenvalue weighted by Crippen LogP contribution is -1.97. The zero-order valence-corrected chi connectivity index (χ0v) is 11.2. The van der Waals surface area contributed by atoms with Crippen LogP contribution in [0.1, 0.15) is 23.0 Å². The molecule has 0 bridgehead atoms. The minimum absolute atomic E-state index is 0.0667. The van der Waals surface area contributed by atoms with Crippen molar-refractivity contribution >= 4 is 17.4 Å². The molecule has 0 aliphatic carbocycles. The van der Waals surface area contributed by atoms with Gasteiger partial charge in [-0.25, -0.2) is 4.68 Å². The number of ether oxygens (including phenoxy) is 1. The highest BCUT2D eigenvalue weighted by Crippen LogP contribution is 2.27. The third-order valence-electron chi connectivity index (χ3n) is 2.50. The topological polar surface area (TPSA) is 44.1 Å². The number of rotatable bonds is 3. The van der Waals surface area contributed by atoms with Crippen molar-refractivity contribution in [1.29, 1.82) is 0 Å². The summed E-state index contributed by atoms with van der Waals surface area (Å²) in [4.78, 5) is 11.3. The van der Waals surface area contributed by atoms with Crippen LogP contribution in [0.5, 0.6) is 11.6 Å². The first-order valence-electron chi connectivity index (χ1n) is 5.46. The molecule has 0 unspecified atom stereocenters. The van der Waals surface area contributed by atoms with Gasteiger partial charge in [0.05, 0.1) is 10.7 Å². The summed E-state index contributed by atoms with van der Waals surface area (Å²) in [6.07, 6.45) is 0. The molecular formula is C13H13ClN2O2. The maximum absolute atomic E-state index is 11.3. The fraction of sp³-hybridized carbons (Fsp3) is 0.231. The van der Waals surface area contributed by atoms with Gasteiger partial charge in [0.25, 0.3) is 0 Å². The molecule has 0 N–H and O–H groups in total. The Morgan fingerprint density at radius 1 is 1.39 bits per heavy atom. The molecule has 1 aromatic carbocycles. The van der Waals surface area contributed by atoms with Gasteiger partial charge in [0.2, 0.25) is 5.88 Å². The SMILES string of the molecule is CC(=O)c1ccc(Oc2cc(C)nn2C)cc1Cl. The van der Waals surface area contributed by atoms with Crippen molar-refractivity contribution in [2.75, 3.05) is 0 Å². The Morgan fingerprint density at radius 3 is 2.61 bits per heavy atom. The van der Waals surface area contributed by atoms with E-state index in [4.69, 9.17) is 16.3 Å². The molecule has 0 fully saturated rings. The number of ketones is 1. The van der Waals surface area contributed by atoms with E-state index in [1.54, 1.807) is 29.9 Å². The maximum Gasteiger partial charge on any atom is 0.217 e. The highest BCUT2D eigenvalue weighted by atomic mass is 35.5. The van der Waals surface area contributed by atoms with E-state index in [0.29, 0.717) is 22.2 Å². The third kappa shape index (κ3) is 2.54. The summed E-state index contributed by atoms with van der Waals surface area (Å²) in [6, 6.07) is 6.82. The van der Waals surface area contributed by atoms with Crippen LogP contribution < -0.4 is 4.74 Å². The molecule has 0 saturated carbocycles. The van der Waals surface area contributed by atoms with Crippen LogP contribution in [0.25, 0.3) is 0 Å². The van der Waals surface area contributed by atoms with E-state index >= 15 is 0 Å². The van der Waals surface area contributed by atoms with Crippen molar-refractivity contribution in [3.05, 3.63) is 40.5 Å². The Morgan fingerprint density at radius 2 is 2.11 bits per heavy atom. The average molecular weight is 265 g/mol. The summed E-state index contributed by atoms with van der Waals surface area (Å²) >= 11 is 6.01. The van der Waals surface area contributed by atoms with Gasteiger partial charge in [-0.3, -0.25) is 4.79 Å². The summed E-state index contributed by atoms with van der Waals surface area (Å²) in [5.41, 5.74) is 1.36. The summed E-state index contributed by atoms with van der Waals surface area (Å²) in [5, 5.41) is 4.57. The van der Waals surface area contributed by atoms with E-state index in [1.165, 1.54) is 6.92 Å². The number of carbonyl (C=O) groups excluding carboxylic acids is 1. The predicted molar refractivity (Wildman–Crippen MR) is 69.5 cm³/mol. The summed E-state index contributed by atoms with van der Waals surface area (Å²) in [7, 11) is 1.80. The molecule has 2 rings (SSSR count). The molecule has 0 saturated heterocycles. The second-order valence-corrected chi connectivity index (χ2v) is 4.45. The van der Waals surface area contributed by atoms with Crippen LogP contribution in [-0.2, 0) is 7.05 Å². The highest BCUT2D eigenvalue weighted by Gasteiger charge is 2.09. The van der Waals surface area contributed by atoms with Crippen LogP contribution in [0, 0.1) is 6.92 Å². The first-order valence-corrected chi connectivity index (χ1v) is 5.84. The Hall–Kier alpha value is -1.81. The molecule has 2 aromatic rings. The quantitative estimate of drug-likeness (QED) is 0.799. The molecule has 1 aromatic heterocycles. The van der Waals surface area contributed by atoms with Gasteiger partial charge in [0, 0.05) is 24.7 Å². The van der Waals surface area contributed by atoms with Crippen LogP contribution in [0.4, 0.5) is 0 Å². The van der Waals surface area contributed by atoms with Gasteiger partial charge in [0.15, 0.2) is 5.78 Å². The molecule has 0 amide bonds. The molecule has 5 heteroatoms. The van der Waals surface area contributed by atoms with Gasteiger partial charge in [-0.15, -0.1) is 0 Å². The number of carbonyl (C=O) groups is 1. The van der Waals surface area contributed by atoms with E-state index in [2.05, 4.69) is 5.10 Å². The molecule has 0 aliphatic rings. The molecule has 1 heterocycles. The van der Waals surface area contributed by atoms with Gasteiger partial charge < -0.3 is 4.74 Å². The third-order valence-corrected chi connectivity index (χ3v) is 2.81. The number of benzene rings is 1. The first kappa shape index (κ1) is 12.6. The van der Waals surface area contributed by atoms with Crippen LogP contribution in [-0.4, -0.2) is 15.6 Å². The van der Waals surface area contributed by atoms with Crippen molar-refractivity contribution in [3.63, 3.8) is 0 Å². The zero-order chi connectivity index (χ0) is 13.3. The summed E-state index contributed by atoms with van der Waals surface area (Å²) in [5.74, 6) is 1.13. The van der Waals surface area contributed by atoms with E-state index in [-0.39, 0.29) is 5.78 Å². The number of aromatic nitrogens is 2. The van der Waals surface area contributed by atoms with Crippen LogP contribution in [0.2, 0.25) is 5.02 Å². The van der Waals surface area contributed by atoms with E-state index in [0.717, 1.165) is 5.69 Å². The molecule has 0 aliphatic heterocycles. The minimum Gasteiger partial charge on any atom is -0.439 e. The van der Waals surface area contributed by atoms with E-state index in [9.17, 15) is 4.79 Å². The predicted octanol–water partition coefficient (Wildman–Crippen LogP) is 3.38. The number of halogens is 1. The molecule has 0 atom stereocenters. The van der Waals surface area contributed by atoms with E-state index in [1.807, 2.05) is 13.0 Å². The second kappa shape index (κ2) is 4.82. The Balaban J connectivity index is 2.28. The smallest absolute Gasteiger partial charge is 0.217 e. The fourth-order valence-electron chi connectivity index (χ4n) is 1.65. The first-order chi connectivity index (χ1) is 8.47. The molecule has 0 spiro atoms. The number of aryl methyl sites for hydroxylation is 2. The van der Waals surface area contributed by atoms with Gasteiger partial charge in [0.1, 0.15) is 5.75 Å². The molecule has 4 nitrogen and oxygen atoms in total. The Labute approximate surface area is 110 Å². The second-order valence-electron chi connectivity index (χ2n) is 4.05. The zero-order valence-electron chi connectivity index (χ0n) is 10.4. The van der Waals surface area contributed by atoms with Crippen molar-refractivity contribution < 1.29 is 9.53 Å². The van der Waals surface area contributed by atoms with Crippen LogP contribution in [0.15, 0.2) is 24.3 Å². The fourth-order valence-corrected chi connectivity index (χ4v) is 1.95. The van der Waals surface area contributed by atoms with Crippen LogP contribution >= 0.6 is 11.6 Å². The molecular weight excluding hydrogens is 252 g/mol. The maximum atomic E-state index is 11.3. The molecule has 94 valence electrons. The van der Waals surface area contributed by atoms with Crippen molar-refractivity contribution in [2.24, 2.45) is 7.05 Å². The number of nitrogens with zero attached hydrogens (tertiary/aromatic N) is 2. The molecule has 0 radical (unpaired) electrons. The van der Waals surface area contributed by atoms with Gasteiger partial charge in [-0.2, -0.15) is 5.10 Å². The Bertz CT molecular complexity index is 605. The van der Waals surface area contributed by atoms with Gasteiger partial charge in [-0.1, -0.05) is 11.6 Å². The van der Waals surface area contributed by atoms with Crippen LogP contribution in [0.3, 0.4) is 0 Å². The summed E-state index contributed by atoms with van der Waals surface area (Å²) in [6.45, 7) is 3.37. The lowest BCUT2D eigenvalue weighted by atomic mass is 10.1. The Kier molecular flexibility index (Phi) is 3.39. The largest absolute Gasteiger partial charge is 0.439 e. The monoisotopic (exact) mass is 264 g/mol. The lowest BCUT2D eigenvalue weighted by Gasteiger charge is -2.07. The minimum atomic E-state index is -0.0667. The van der Waals surface area contributed by atoms with Gasteiger partial charge >= 0.3 is 0 Å². The number of Topliss-reactive ketones (excluding diaryl/α,β-unsaturated/α-hetero) is 1. The standard InChI is InChI=1S/C13H13ClN2O2/c1-8-6-13(16(3)15-8)18-10-4-5-11(9(2)17)12(14)7-10/h4-7H,1-3H3. The van der Waals surface area contributed by atoms with Gasteiger partial charge in [-0.05, 0) is 26.0 Å². The number of hydrogen-bond acceptors (Lipinski definition) is 3. The summed E-state index contributed by atoms with van der Waals surface area (Å²) < 4.78 is 7.29. The highest BCUT2D eigenvalue weighted by molar-refractivity contribution is 6.34. The van der Waals surface area contributed by atoms with Crippen molar-refractivity contribution in [1.82, 2.24) is 9.78 Å². The number of hydrogen-bond donors (Lipinski definition) is 0. The van der Waals surface area contributed by atoms with Crippen molar-refractivity contribution in [2.45, 2.75) is 13.8 Å². The molecule has 18 heavy (non-hydrogen) atoms. The average Bonchev–Trinajstić information content (AvgIpc) is 2.57.